The average Bonchev–Trinajstić information content (AvgIpc) is 3.30. The highest BCUT2D eigenvalue weighted by Gasteiger charge is 2.35. The van der Waals surface area contributed by atoms with Crippen molar-refractivity contribution in [3.63, 3.8) is 0 Å². The number of methoxy groups -OCH3 is 1. The summed E-state index contributed by atoms with van der Waals surface area (Å²) >= 11 is 4.33. The molecule has 0 unspecified atom stereocenters. The van der Waals surface area contributed by atoms with Crippen LogP contribution in [0, 0.1) is 0 Å². The Kier molecular flexibility index (Phi) is 7.87. The van der Waals surface area contributed by atoms with Crippen LogP contribution in [0.5, 0.6) is 0 Å². The summed E-state index contributed by atoms with van der Waals surface area (Å²) in [6.45, 7) is 1.52. The fraction of sp³-hybridized carbons (Fsp3) is 0.240. The number of benzene rings is 2. The lowest BCUT2D eigenvalue weighted by atomic mass is 10.1. The molecule has 4 rings (SSSR count). The molecule has 1 fully saturated rings. The Labute approximate surface area is 210 Å². The van der Waals surface area contributed by atoms with Crippen LogP contribution in [0.1, 0.15) is 17.5 Å². The van der Waals surface area contributed by atoms with E-state index >= 15 is 0 Å². The van der Waals surface area contributed by atoms with Crippen molar-refractivity contribution in [3.8, 4) is 0 Å². The molecule has 1 N–H and O–H groups in total. The molecule has 1 aliphatic rings. The van der Waals surface area contributed by atoms with Crippen LogP contribution in [0.25, 0.3) is 17.0 Å². The standard InChI is InChI=1S/C25H24BrN3O4S/c1-33-12-4-11-27-23(30)16-28-15-18(20-5-2-3-6-21(20)28)13-22-24(31)29(25(32)34-22)14-17-7-9-19(26)10-8-17/h2-3,5-10,13,15H,4,11-12,14,16H2,1H3,(H,27,30)/b22-13-. The molecule has 1 aliphatic heterocycles. The van der Waals surface area contributed by atoms with Gasteiger partial charge in [-0.2, -0.15) is 0 Å². The van der Waals surface area contributed by atoms with Gasteiger partial charge in [0.25, 0.3) is 11.1 Å². The van der Waals surface area contributed by atoms with Crippen molar-refractivity contribution in [1.29, 1.82) is 0 Å². The number of rotatable bonds is 9. The first-order chi connectivity index (χ1) is 16.5. The number of nitrogens with one attached hydrogen (secondary N) is 1. The number of hydrogen-bond acceptors (Lipinski definition) is 5. The van der Waals surface area contributed by atoms with Crippen molar-refractivity contribution in [2.45, 2.75) is 19.5 Å². The van der Waals surface area contributed by atoms with Crippen LogP contribution >= 0.6 is 27.7 Å². The van der Waals surface area contributed by atoms with Crippen molar-refractivity contribution >= 4 is 61.7 Å². The molecule has 0 atom stereocenters. The third kappa shape index (κ3) is 5.60. The third-order valence-corrected chi connectivity index (χ3v) is 6.83. The second-order valence-electron chi connectivity index (χ2n) is 7.82. The maximum atomic E-state index is 13.0. The molecule has 0 spiro atoms. The predicted molar refractivity (Wildman–Crippen MR) is 137 cm³/mol. The van der Waals surface area contributed by atoms with Crippen molar-refractivity contribution in [1.82, 2.24) is 14.8 Å². The third-order valence-electron chi connectivity index (χ3n) is 5.39. The normalized spacial score (nSPS) is 15.0. The zero-order valence-corrected chi connectivity index (χ0v) is 21.0. The van der Waals surface area contributed by atoms with E-state index in [2.05, 4.69) is 21.2 Å². The molecule has 1 aromatic heterocycles. The number of aromatic nitrogens is 1. The van der Waals surface area contributed by atoms with Gasteiger partial charge in [-0.3, -0.25) is 19.3 Å². The fourth-order valence-electron chi connectivity index (χ4n) is 3.73. The number of ether oxygens (including phenoxy) is 1. The highest BCUT2D eigenvalue weighted by atomic mass is 79.9. The molecule has 0 aliphatic carbocycles. The second kappa shape index (κ2) is 11.0. The van der Waals surface area contributed by atoms with E-state index in [-0.39, 0.29) is 30.1 Å². The number of nitrogens with zero attached hydrogens (tertiary/aromatic N) is 2. The van der Waals surface area contributed by atoms with Gasteiger partial charge in [-0.1, -0.05) is 46.3 Å². The Morgan fingerprint density at radius 1 is 1.15 bits per heavy atom. The number of hydrogen-bond donors (Lipinski definition) is 1. The van der Waals surface area contributed by atoms with E-state index in [4.69, 9.17) is 4.74 Å². The largest absolute Gasteiger partial charge is 0.385 e. The lowest BCUT2D eigenvalue weighted by molar-refractivity contribution is -0.123. The number of fused-ring (bicyclic) bond motifs is 1. The van der Waals surface area contributed by atoms with Gasteiger partial charge in [-0.15, -0.1) is 0 Å². The monoisotopic (exact) mass is 541 g/mol. The molecule has 176 valence electrons. The molecule has 1 saturated heterocycles. The van der Waals surface area contributed by atoms with Crippen LogP contribution in [0.4, 0.5) is 4.79 Å². The highest BCUT2D eigenvalue weighted by molar-refractivity contribution is 9.10. The maximum absolute atomic E-state index is 13.0. The van der Waals surface area contributed by atoms with Crippen LogP contribution in [0.15, 0.2) is 64.1 Å². The number of amides is 3. The summed E-state index contributed by atoms with van der Waals surface area (Å²) in [7, 11) is 1.63. The molecule has 0 saturated carbocycles. The molecular weight excluding hydrogens is 518 g/mol. The van der Waals surface area contributed by atoms with E-state index in [0.717, 1.165) is 44.7 Å². The molecule has 7 nitrogen and oxygen atoms in total. The molecular formula is C25H24BrN3O4S. The maximum Gasteiger partial charge on any atom is 0.293 e. The lowest BCUT2D eigenvalue weighted by Crippen LogP contribution is -2.28. The second-order valence-corrected chi connectivity index (χ2v) is 9.73. The fourth-order valence-corrected chi connectivity index (χ4v) is 4.82. The Balaban J connectivity index is 1.53. The first kappa shape index (κ1) is 24.3. The highest BCUT2D eigenvalue weighted by Crippen LogP contribution is 2.35. The molecule has 3 aromatic rings. The summed E-state index contributed by atoms with van der Waals surface area (Å²) in [5.41, 5.74) is 2.55. The Bertz CT molecular complexity index is 1250. The lowest BCUT2D eigenvalue weighted by Gasteiger charge is -2.12. The summed E-state index contributed by atoms with van der Waals surface area (Å²) < 4.78 is 7.80. The zero-order valence-electron chi connectivity index (χ0n) is 18.6. The molecule has 34 heavy (non-hydrogen) atoms. The minimum Gasteiger partial charge on any atom is -0.385 e. The molecule has 0 radical (unpaired) electrons. The van der Waals surface area contributed by atoms with Gasteiger partial charge in [0, 0.05) is 47.4 Å². The molecule has 2 aromatic carbocycles. The van der Waals surface area contributed by atoms with Gasteiger partial charge in [-0.05, 0) is 48.0 Å². The van der Waals surface area contributed by atoms with Gasteiger partial charge in [0.15, 0.2) is 0 Å². The van der Waals surface area contributed by atoms with Crippen LogP contribution in [0.3, 0.4) is 0 Å². The van der Waals surface area contributed by atoms with Gasteiger partial charge >= 0.3 is 0 Å². The topological polar surface area (TPSA) is 80.6 Å². The van der Waals surface area contributed by atoms with E-state index < -0.39 is 0 Å². The smallest absolute Gasteiger partial charge is 0.293 e. The first-order valence-electron chi connectivity index (χ1n) is 10.8. The Morgan fingerprint density at radius 2 is 1.91 bits per heavy atom. The molecule has 0 bridgehead atoms. The average molecular weight is 542 g/mol. The van der Waals surface area contributed by atoms with E-state index in [9.17, 15) is 14.4 Å². The summed E-state index contributed by atoms with van der Waals surface area (Å²) in [6, 6.07) is 15.2. The SMILES string of the molecule is COCCCNC(=O)Cn1cc(/C=C2\SC(=O)N(Cc3ccc(Br)cc3)C2=O)c2ccccc21. The Hall–Kier alpha value is -2.88. The van der Waals surface area contributed by atoms with Gasteiger partial charge < -0.3 is 14.6 Å². The van der Waals surface area contributed by atoms with Crippen molar-refractivity contribution in [2.75, 3.05) is 20.3 Å². The van der Waals surface area contributed by atoms with Crippen molar-refractivity contribution < 1.29 is 19.1 Å². The summed E-state index contributed by atoms with van der Waals surface area (Å²) in [5.74, 6) is -0.413. The summed E-state index contributed by atoms with van der Waals surface area (Å²) in [5, 5.41) is 3.51. The molecule has 2 heterocycles. The first-order valence-corrected chi connectivity index (χ1v) is 12.4. The Morgan fingerprint density at radius 3 is 2.68 bits per heavy atom. The molecule has 9 heteroatoms. The van der Waals surface area contributed by atoms with E-state index in [0.29, 0.717) is 18.1 Å². The molecule has 3 amide bonds. The number of thioether (sulfide) groups is 1. The van der Waals surface area contributed by atoms with E-state index in [1.165, 1.54) is 4.90 Å². The van der Waals surface area contributed by atoms with Gasteiger partial charge in [0.1, 0.15) is 6.54 Å². The number of para-hydroxylation sites is 1. The van der Waals surface area contributed by atoms with Crippen LogP contribution in [-0.4, -0.2) is 46.8 Å². The number of carbonyl (C=O) groups excluding carboxylic acids is 3. The minimum absolute atomic E-state index is 0.0989. The predicted octanol–water partition coefficient (Wildman–Crippen LogP) is 4.79. The van der Waals surface area contributed by atoms with Crippen LogP contribution in [0.2, 0.25) is 0 Å². The van der Waals surface area contributed by atoms with Crippen LogP contribution < -0.4 is 5.32 Å². The van der Waals surface area contributed by atoms with Crippen LogP contribution in [-0.2, 0) is 27.4 Å². The zero-order chi connectivity index (χ0) is 24.1. The quantitative estimate of drug-likeness (QED) is 0.311. The van der Waals surface area contributed by atoms with Gasteiger partial charge in [0.2, 0.25) is 5.91 Å². The summed E-state index contributed by atoms with van der Waals surface area (Å²) in [6.07, 6.45) is 4.33. The van der Waals surface area contributed by atoms with Crippen molar-refractivity contribution in [2.24, 2.45) is 0 Å². The summed E-state index contributed by atoms with van der Waals surface area (Å²) in [4.78, 5) is 39.6. The van der Waals surface area contributed by atoms with Gasteiger partial charge in [-0.25, -0.2) is 0 Å². The number of carbonyl (C=O) groups is 3. The minimum atomic E-state index is -0.314. The number of halogens is 1. The van der Waals surface area contributed by atoms with Crippen molar-refractivity contribution in [3.05, 3.63) is 75.2 Å². The van der Waals surface area contributed by atoms with E-state index in [1.54, 1.807) is 13.2 Å². The number of imide groups is 1. The van der Waals surface area contributed by atoms with E-state index in [1.807, 2.05) is 59.3 Å². The van der Waals surface area contributed by atoms with Gasteiger partial charge in [0.05, 0.1) is 11.4 Å².